The van der Waals surface area contributed by atoms with Gasteiger partial charge >= 0.3 is 0 Å². The number of amides is 1. The van der Waals surface area contributed by atoms with Gasteiger partial charge in [-0.2, -0.15) is 4.98 Å². The van der Waals surface area contributed by atoms with Crippen molar-refractivity contribution in [3.8, 4) is 11.8 Å². The van der Waals surface area contributed by atoms with Crippen molar-refractivity contribution in [2.45, 2.75) is 0 Å². The number of ether oxygens (including phenoxy) is 1. The van der Waals surface area contributed by atoms with E-state index in [2.05, 4.69) is 9.97 Å². The Morgan fingerprint density at radius 1 is 1.24 bits per heavy atom. The average molecular weight is 286 g/mol. The lowest BCUT2D eigenvalue weighted by molar-refractivity contribution is 0.0996. The van der Waals surface area contributed by atoms with Gasteiger partial charge in [0, 0.05) is 11.8 Å². The third-order valence-corrected chi connectivity index (χ3v) is 2.90. The van der Waals surface area contributed by atoms with Gasteiger partial charge in [0.05, 0.1) is 16.6 Å². The van der Waals surface area contributed by atoms with Crippen LogP contribution in [0.2, 0.25) is 0 Å². The zero-order valence-corrected chi connectivity index (χ0v) is 10.8. The number of carbonyl (C=O) groups excluding carboxylic acids is 1. The minimum atomic E-state index is -0.835. The first-order valence-electron chi connectivity index (χ1n) is 6.05. The topological polar surface area (TPSA) is 107 Å². The standard InChI is InChI=1S/C14H11FN4O2/c15-10-6-8(2-3-9(10)13(17)20)21-14-18-11-4-1-7(16)5-12(11)19-14/h1-6H,16H2,(H2,17,20)(H,18,19). The molecule has 0 aliphatic rings. The summed E-state index contributed by atoms with van der Waals surface area (Å²) >= 11 is 0. The van der Waals surface area contributed by atoms with Gasteiger partial charge < -0.3 is 21.2 Å². The number of halogens is 1. The molecular formula is C14H11FN4O2. The Morgan fingerprint density at radius 2 is 2.05 bits per heavy atom. The van der Waals surface area contributed by atoms with Crippen molar-refractivity contribution in [2.24, 2.45) is 5.73 Å². The highest BCUT2D eigenvalue weighted by atomic mass is 19.1. The highest BCUT2D eigenvalue weighted by Crippen LogP contribution is 2.24. The van der Waals surface area contributed by atoms with Crippen molar-refractivity contribution < 1.29 is 13.9 Å². The summed E-state index contributed by atoms with van der Waals surface area (Å²) in [6, 6.07) is 9.13. The number of fused-ring (bicyclic) bond motifs is 1. The number of nitrogens with zero attached hydrogens (tertiary/aromatic N) is 1. The number of primary amides is 1. The first-order chi connectivity index (χ1) is 10.0. The lowest BCUT2D eigenvalue weighted by atomic mass is 10.2. The lowest BCUT2D eigenvalue weighted by Crippen LogP contribution is -2.12. The molecule has 3 aromatic rings. The molecule has 0 saturated heterocycles. The van der Waals surface area contributed by atoms with Crippen LogP contribution in [0.25, 0.3) is 11.0 Å². The number of imidazole rings is 1. The number of aromatic nitrogens is 2. The van der Waals surface area contributed by atoms with Crippen LogP contribution in [-0.2, 0) is 0 Å². The molecule has 1 heterocycles. The molecule has 0 atom stereocenters. The van der Waals surface area contributed by atoms with Crippen LogP contribution in [-0.4, -0.2) is 15.9 Å². The minimum absolute atomic E-state index is 0.195. The maximum Gasteiger partial charge on any atom is 0.300 e. The van der Waals surface area contributed by atoms with E-state index in [1.165, 1.54) is 12.1 Å². The predicted molar refractivity (Wildman–Crippen MR) is 75.5 cm³/mol. The number of rotatable bonds is 3. The van der Waals surface area contributed by atoms with E-state index >= 15 is 0 Å². The third kappa shape index (κ3) is 2.48. The fraction of sp³-hybridized carbons (Fsp3) is 0. The van der Waals surface area contributed by atoms with Crippen LogP contribution in [0.1, 0.15) is 10.4 Å². The van der Waals surface area contributed by atoms with Gasteiger partial charge in [0.1, 0.15) is 11.6 Å². The third-order valence-electron chi connectivity index (χ3n) is 2.90. The smallest absolute Gasteiger partial charge is 0.300 e. The number of nitrogens with one attached hydrogen (secondary N) is 1. The average Bonchev–Trinajstić information content (AvgIpc) is 2.79. The highest BCUT2D eigenvalue weighted by molar-refractivity contribution is 5.93. The molecule has 3 rings (SSSR count). The number of aromatic amines is 1. The monoisotopic (exact) mass is 286 g/mol. The summed E-state index contributed by atoms with van der Waals surface area (Å²) in [6.07, 6.45) is 0. The Kier molecular flexibility index (Phi) is 2.94. The Bertz CT molecular complexity index is 844. The van der Waals surface area contributed by atoms with Gasteiger partial charge in [-0.1, -0.05) is 0 Å². The van der Waals surface area contributed by atoms with Crippen LogP contribution >= 0.6 is 0 Å². The summed E-state index contributed by atoms with van der Waals surface area (Å²) in [5.74, 6) is -1.39. The van der Waals surface area contributed by atoms with Gasteiger partial charge in [-0.3, -0.25) is 4.79 Å². The first-order valence-corrected chi connectivity index (χ1v) is 6.05. The maximum absolute atomic E-state index is 13.6. The zero-order valence-electron chi connectivity index (χ0n) is 10.8. The molecule has 21 heavy (non-hydrogen) atoms. The molecule has 0 bridgehead atoms. The second-order valence-corrected chi connectivity index (χ2v) is 4.43. The molecule has 0 radical (unpaired) electrons. The molecule has 6 nitrogen and oxygen atoms in total. The van der Waals surface area contributed by atoms with E-state index < -0.39 is 11.7 Å². The number of nitrogen functional groups attached to an aromatic ring is 1. The van der Waals surface area contributed by atoms with Crippen molar-refractivity contribution in [3.63, 3.8) is 0 Å². The van der Waals surface area contributed by atoms with E-state index in [1.807, 2.05) is 0 Å². The molecule has 1 amide bonds. The normalized spacial score (nSPS) is 10.7. The van der Waals surface area contributed by atoms with Crippen molar-refractivity contribution in [1.82, 2.24) is 9.97 Å². The van der Waals surface area contributed by atoms with Crippen molar-refractivity contribution >= 4 is 22.6 Å². The molecule has 5 N–H and O–H groups in total. The van der Waals surface area contributed by atoms with Gasteiger partial charge in [-0.25, -0.2) is 4.39 Å². The van der Waals surface area contributed by atoms with Gasteiger partial charge in [0.25, 0.3) is 11.9 Å². The Labute approximate surface area is 118 Å². The van der Waals surface area contributed by atoms with E-state index in [0.717, 1.165) is 6.07 Å². The van der Waals surface area contributed by atoms with Crippen LogP contribution in [0.3, 0.4) is 0 Å². The van der Waals surface area contributed by atoms with Gasteiger partial charge in [0.2, 0.25) is 0 Å². The summed E-state index contributed by atoms with van der Waals surface area (Å²) in [5, 5.41) is 0. The zero-order chi connectivity index (χ0) is 15.0. The van der Waals surface area contributed by atoms with E-state index in [4.69, 9.17) is 16.2 Å². The summed E-state index contributed by atoms with van der Waals surface area (Å²) in [6.45, 7) is 0. The molecule has 2 aromatic carbocycles. The summed E-state index contributed by atoms with van der Waals surface area (Å²) in [4.78, 5) is 18.1. The van der Waals surface area contributed by atoms with Crippen molar-refractivity contribution in [1.29, 1.82) is 0 Å². The molecule has 0 aliphatic carbocycles. The van der Waals surface area contributed by atoms with E-state index in [9.17, 15) is 9.18 Å². The molecular weight excluding hydrogens is 275 g/mol. The van der Waals surface area contributed by atoms with Crippen molar-refractivity contribution in [3.05, 3.63) is 47.8 Å². The van der Waals surface area contributed by atoms with E-state index in [-0.39, 0.29) is 17.3 Å². The Hall–Kier alpha value is -3.09. The lowest BCUT2D eigenvalue weighted by Gasteiger charge is -2.03. The van der Waals surface area contributed by atoms with Gasteiger partial charge in [-0.05, 0) is 30.3 Å². The molecule has 7 heteroatoms. The van der Waals surface area contributed by atoms with Crippen LogP contribution in [0, 0.1) is 5.82 Å². The number of anilines is 1. The number of hydrogen-bond acceptors (Lipinski definition) is 4. The van der Waals surface area contributed by atoms with Crippen LogP contribution in [0.5, 0.6) is 11.8 Å². The second kappa shape index (κ2) is 4.78. The number of carbonyl (C=O) groups is 1. The molecule has 0 fully saturated rings. The summed E-state index contributed by atoms with van der Waals surface area (Å²) in [7, 11) is 0. The van der Waals surface area contributed by atoms with Gasteiger partial charge in [-0.15, -0.1) is 0 Å². The largest absolute Gasteiger partial charge is 0.426 e. The van der Waals surface area contributed by atoms with Crippen LogP contribution in [0.15, 0.2) is 36.4 Å². The van der Waals surface area contributed by atoms with Gasteiger partial charge in [0.15, 0.2) is 0 Å². The Balaban J connectivity index is 1.91. The number of H-pyrrole nitrogens is 1. The molecule has 1 aromatic heterocycles. The molecule has 0 spiro atoms. The SMILES string of the molecule is NC(=O)c1ccc(Oc2nc3ccc(N)cc3[nH]2)cc1F. The molecule has 0 saturated carbocycles. The number of hydrogen-bond donors (Lipinski definition) is 3. The van der Waals surface area contributed by atoms with Crippen LogP contribution < -0.4 is 16.2 Å². The quantitative estimate of drug-likeness (QED) is 0.641. The first kappa shape index (κ1) is 12.9. The minimum Gasteiger partial charge on any atom is -0.426 e. The second-order valence-electron chi connectivity index (χ2n) is 4.43. The van der Waals surface area contributed by atoms with E-state index in [0.29, 0.717) is 16.7 Å². The summed E-state index contributed by atoms with van der Waals surface area (Å²) < 4.78 is 19.1. The fourth-order valence-electron chi connectivity index (χ4n) is 1.92. The molecule has 0 aliphatic heterocycles. The maximum atomic E-state index is 13.6. The summed E-state index contributed by atoms with van der Waals surface area (Å²) in [5.41, 5.74) is 12.5. The van der Waals surface area contributed by atoms with E-state index in [1.54, 1.807) is 18.2 Å². The fourth-order valence-corrected chi connectivity index (χ4v) is 1.92. The number of benzene rings is 2. The number of nitrogens with two attached hydrogens (primary N) is 2. The Morgan fingerprint density at radius 3 is 2.76 bits per heavy atom. The molecule has 0 unspecified atom stereocenters. The highest BCUT2D eigenvalue weighted by Gasteiger charge is 2.11. The van der Waals surface area contributed by atoms with Crippen LogP contribution in [0.4, 0.5) is 10.1 Å². The van der Waals surface area contributed by atoms with Crippen molar-refractivity contribution in [2.75, 3.05) is 5.73 Å². The molecule has 106 valence electrons. The predicted octanol–water partition coefficient (Wildman–Crippen LogP) is 2.18.